The molecule has 1 heterocycles. The van der Waals surface area contributed by atoms with Gasteiger partial charge in [-0.1, -0.05) is 0 Å². The summed E-state index contributed by atoms with van der Waals surface area (Å²) in [4.78, 5) is 21.8. The summed E-state index contributed by atoms with van der Waals surface area (Å²) in [6.07, 6.45) is 0. The molecule has 0 spiro atoms. The average molecular weight is 275 g/mol. The number of aromatic amines is 1. The summed E-state index contributed by atoms with van der Waals surface area (Å²) in [5, 5.41) is 22.4. The molecule has 2 rings (SSSR count). The molecular weight excluding hydrogens is 262 g/mol. The standard InChI is InChI=1S/C12H13N5O3/c1-7-8(2)15-16-11(7)14-12(18)13-9-3-5-10(6-4-9)17(19)20/h3-6H,1-2H3,(H3,13,14,15,16,18). The van der Waals surface area contributed by atoms with E-state index >= 15 is 0 Å². The van der Waals surface area contributed by atoms with Crippen LogP contribution in [0.15, 0.2) is 24.3 Å². The molecule has 8 nitrogen and oxygen atoms in total. The first-order chi connectivity index (χ1) is 9.47. The molecule has 8 heteroatoms. The first-order valence-corrected chi connectivity index (χ1v) is 5.81. The first kappa shape index (κ1) is 13.5. The summed E-state index contributed by atoms with van der Waals surface area (Å²) < 4.78 is 0. The van der Waals surface area contributed by atoms with Crippen molar-refractivity contribution in [3.8, 4) is 0 Å². The molecule has 0 aliphatic rings. The van der Waals surface area contributed by atoms with Gasteiger partial charge in [-0.15, -0.1) is 0 Å². The number of nitrogens with one attached hydrogen (secondary N) is 3. The topological polar surface area (TPSA) is 113 Å². The minimum atomic E-state index is -0.500. The van der Waals surface area contributed by atoms with E-state index in [1.165, 1.54) is 24.3 Å². The minimum Gasteiger partial charge on any atom is -0.308 e. The second-order valence-electron chi connectivity index (χ2n) is 4.21. The lowest BCUT2D eigenvalue weighted by Gasteiger charge is -2.06. The lowest BCUT2D eigenvalue weighted by atomic mass is 10.3. The normalized spacial score (nSPS) is 10.1. The van der Waals surface area contributed by atoms with Gasteiger partial charge in [0.15, 0.2) is 5.82 Å². The molecule has 1 aromatic carbocycles. The fourth-order valence-corrected chi connectivity index (χ4v) is 1.54. The van der Waals surface area contributed by atoms with E-state index in [4.69, 9.17) is 0 Å². The van der Waals surface area contributed by atoms with Crippen LogP contribution in [-0.4, -0.2) is 21.2 Å². The Morgan fingerprint density at radius 1 is 1.25 bits per heavy atom. The Balaban J connectivity index is 2.01. The van der Waals surface area contributed by atoms with Crippen LogP contribution in [0.1, 0.15) is 11.3 Å². The summed E-state index contributed by atoms with van der Waals surface area (Å²) in [6, 6.07) is 5.09. The van der Waals surface area contributed by atoms with Crippen LogP contribution >= 0.6 is 0 Å². The summed E-state index contributed by atoms with van der Waals surface area (Å²) in [7, 11) is 0. The number of carbonyl (C=O) groups is 1. The zero-order valence-electron chi connectivity index (χ0n) is 10.9. The molecule has 0 saturated carbocycles. The average Bonchev–Trinajstić information content (AvgIpc) is 2.71. The van der Waals surface area contributed by atoms with Crippen LogP contribution in [0.25, 0.3) is 0 Å². The van der Waals surface area contributed by atoms with Gasteiger partial charge < -0.3 is 5.32 Å². The van der Waals surface area contributed by atoms with E-state index in [0.717, 1.165) is 11.3 Å². The van der Waals surface area contributed by atoms with Crippen molar-refractivity contribution in [2.75, 3.05) is 10.6 Å². The lowest BCUT2D eigenvalue weighted by molar-refractivity contribution is -0.384. The van der Waals surface area contributed by atoms with Gasteiger partial charge >= 0.3 is 6.03 Å². The third kappa shape index (κ3) is 2.91. The predicted octanol–water partition coefficient (Wildman–Crippen LogP) is 2.58. The van der Waals surface area contributed by atoms with Crippen molar-refractivity contribution in [2.45, 2.75) is 13.8 Å². The summed E-state index contributed by atoms with van der Waals surface area (Å²) in [5.41, 5.74) is 2.15. The molecule has 0 atom stereocenters. The van der Waals surface area contributed by atoms with Crippen LogP contribution in [-0.2, 0) is 0 Å². The molecule has 20 heavy (non-hydrogen) atoms. The Labute approximate surface area is 114 Å². The van der Waals surface area contributed by atoms with Crippen molar-refractivity contribution in [2.24, 2.45) is 0 Å². The number of carbonyl (C=O) groups excluding carboxylic acids is 1. The van der Waals surface area contributed by atoms with Gasteiger partial charge in [0, 0.05) is 29.1 Å². The zero-order valence-corrected chi connectivity index (χ0v) is 10.9. The number of benzene rings is 1. The van der Waals surface area contributed by atoms with E-state index in [0.29, 0.717) is 11.5 Å². The quantitative estimate of drug-likeness (QED) is 0.590. The molecular formula is C12H13N5O3. The number of non-ortho nitro benzene ring substituents is 1. The number of nitro benzene ring substituents is 1. The maximum absolute atomic E-state index is 11.8. The Hall–Kier alpha value is -2.90. The van der Waals surface area contributed by atoms with Crippen LogP contribution < -0.4 is 10.6 Å². The monoisotopic (exact) mass is 275 g/mol. The number of amides is 2. The number of H-pyrrole nitrogens is 1. The lowest BCUT2D eigenvalue weighted by Crippen LogP contribution is -2.20. The van der Waals surface area contributed by atoms with Gasteiger partial charge in [0.25, 0.3) is 5.69 Å². The summed E-state index contributed by atoms with van der Waals surface area (Å²) >= 11 is 0. The van der Waals surface area contributed by atoms with Gasteiger partial charge in [-0.3, -0.25) is 20.5 Å². The van der Waals surface area contributed by atoms with Crippen molar-refractivity contribution >= 4 is 23.2 Å². The van der Waals surface area contributed by atoms with Crippen LogP contribution in [0, 0.1) is 24.0 Å². The van der Waals surface area contributed by atoms with E-state index in [-0.39, 0.29) is 5.69 Å². The zero-order chi connectivity index (χ0) is 14.7. The molecule has 3 N–H and O–H groups in total. The van der Waals surface area contributed by atoms with Gasteiger partial charge in [0.2, 0.25) is 0 Å². The van der Waals surface area contributed by atoms with Gasteiger partial charge in [0.05, 0.1) is 4.92 Å². The van der Waals surface area contributed by atoms with Crippen molar-refractivity contribution in [3.63, 3.8) is 0 Å². The van der Waals surface area contributed by atoms with Crippen LogP contribution in [0.4, 0.5) is 22.0 Å². The number of rotatable bonds is 3. The number of nitrogens with zero attached hydrogens (tertiary/aromatic N) is 2. The maximum atomic E-state index is 11.8. The Morgan fingerprint density at radius 2 is 1.90 bits per heavy atom. The molecule has 0 bridgehead atoms. The number of anilines is 2. The minimum absolute atomic E-state index is 0.0327. The molecule has 0 aliphatic heterocycles. The molecule has 0 saturated heterocycles. The highest BCUT2D eigenvalue weighted by molar-refractivity contribution is 5.99. The highest BCUT2D eigenvalue weighted by Crippen LogP contribution is 2.17. The van der Waals surface area contributed by atoms with Gasteiger partial charge in [-0.05, 0) is 26.0 Å². The summed E-state index contributed by atoms with van der Waals surface area (Å²) in [6.45, 7) is 3.68. The van der Waals surface area contributed by atoms with Crippen molar-refractivity contribution in [1.82, 2.24) is 10.2 Å². The van der Waals surface area contributed by atoms with E-state index in [1.807, 2.05) is 13.8 Å². The number of nitro groups is 1. The SMILES string of the molecule is Cc1[nH]nc(NC(=O)Nc2ccc([N+](=O)[O-])cc2)c1C. The van der Waals surface area contributed by atoms with Crippen molar-refractivity contribution in [3.05, 3.63) is 45.6 Å². The van der Waals surface area contributed by atoms with Crippen LogP contribution in [0.5, 0.6) is 0 Å². The molecule has 0 fully saturated rings. The summed E-state index contributed by atoms with van der Waals surface area (Å²) in [5.74, 6) is 0.446. The van der Waals surface area contributed by atoms with E-state index in [9.17, 15) is 14.9 Å². The second kappa shape index (κ2) is 5.39. The Kier molecular flexibility index (Phi) is 3.65. The van der Waals surface area contributed by atoms with Crippen molar-refractivity contribution < 1.29 is 9.72 Å². The van der Waals surface area contributed by atoms with Crippen LogP contribution in [0.2, 0.25) is 0 Å². The molecule has 2 amide bonds. The third-order valence-corrected chi connectivity index (χ3v) is 2.82. The highest BCUT2D eigenvalue weighted by atomic mass is 16.6. The molecule has 0 unspecified atom stereocenters. The first-order valence-electron chi connectivity index (χ1n) is 5.81. The third-order valence-electron chi connectivity index (χ3n) is 2.82. The van der Waals surface area contributed by atoms with Gasteiger partial charge in [0.1, 0.15) is 0 Å². The van der Waals surface area contributed by atoms with E-state index in [2.05, 4.69) is 20.8 Å². The molecule has 2 aromatic rings. The second-order valence-corrected chi connectivity index (χ2v) is 4.21. The van der Waals surface area contributed by atoms with Crippen LogP contribution in [0.3, 0.4) is 0 Å². The van der Waals surface area contributed by atoms with E-state index in [1.54, 1.807) is 0 Å². The number of hydrogen-bond donors (Lipinski definition) is 3. The number of urea groups is 1. The largest absolute Gasteiger partial charge is 0.324 e. The van der Waals surface area contributed by atoms with Gasteiger partial charge in [-0.2, -0.15) is 5.10 Å². The Bertz CT molecular complexity index is 648. The molecule has 1 aromatic heterocycles. The maximum Gasteiger partial charge on any atom is 0.324 e. The van der Waals surface area contributed by atoms with E-state index < -0.39 is 11.0 Å². The predicted molar refractivity (Wildman–Crippen MR) is 73.8 cm³/mol. The fraction of sp³-hybridized carbons (Fsp3) is 0.167. The molecule has 104 valence electrons. The highest BCUT2D eigenvalue weighted by Gasteiger charge is 2.10. The molecule has 0 radical (unpaired) electrons. The number of aryl methyl sites for hydroxylation is 1. The number of hydrogen-bond acceptors (Lipinski definition) is 4. The Morgan fingerprint density at radius 3 is 2.40 bits per heavy atom. The smallest absolute Gasteiger partial charge is 0.308 e. The number of aromatic nitrogens is 2. The fourth-order valence-electron chi connectivity index (χ4n) is 1.54. The molecule has 0 aliphatic carbocycles. The van der Waals surface area contributed by atoms with Gasteiger partial charge in [-0.25, -0.2) is 4.79 Å². The van der Waals surface area contributed by atoms with Crippen molar-refractivity contribution in [1.29, 1.82) is 0 Å².